The van der Waals surface area contributed by atoms with Crippen LogP contribution in [-0.2, 0) is 11.2 Å². The minimum absolute atomic E-state index is 0.0541. The van der Waals surface area contributed by atoms with Gasteiger partial charge in [0.05, 0.1) is 12.3 Å². The van der Waals surface area contributed by atoms with Gasteiger partial charge < -0.3 is 18.8 Å². The minimum atomic E-state index is -0.207. The van der Waals surface area contributed by atoms with Crippen molar-refractivity contribution in [3.05, 3.63) is 36.4 Å². The molecular formula is C17H22N6O3. The number of aryl methyl sites for hydroxylation is 1. The van der Waals surface area contributed by atoms with E-state index in [2.05, 4.69) is 25.7 Å². The second-order valence-corrected chi connectivity index (χ2v) is 6.32. The highest BCUT2D eigenvalue weighted by Crippen LogP contribution is 2.17. The van der Waals surface area contributed by atoms with E-state index < -0.39 is 0 Å². The lowest BCUT2D eigenvalue weighted by Gasteiger charge is -2.16. The number of hydrogen-bond donors (Lipinski definition) is 1. The Morgan fingerprint density at radius 3 is 2.92 bits per heavy atom. The summed E-state index contributed by atoms with van der Waals surface area (Å²) in [6, 6.07) is 3.55. The standard InChI is InChI=1S/C17H22N6O3/c1-11(2)23-10-18-21-17(23)12(3)19-14(24)7-4-8-15-20-16(22-26-15)13-6-5-9-25-13/h5-6,9-12H,4,7-8H2,1-3H3,(H,19,24). The molecule has 0 spiro atoms. The molecule has 3 heterocycles. The third-order valence-corrected chi connectivity index (χ3v) is 3.93. The van der Waals surface area contributed by atoms with E-state index in [1.54, 1.807) is 24.7 Å². The number of aromatic nitrogens is 5. The largest absolute Gasteiger partial charge is 0.461 e. The molecule has 9 heteroatoms. The number of nitrogens with one attached hydrogen (secondary N) is 1. The van der Waals surface area contributed by atoms with Crippen molar-refractivity contribution in [2.75, 3.05) is 0 Å². The molecular weight excluding hydrogens is 336 g/mol. The number of furan rings is 1. The Morgan fingerprint density at radius 1 is 1.35 bits per heavy atom. The highest BCUT2D eigenvalue weighted by molar-refractivity contribution is 5.76. The quantitative estimate of drug-likeness (QED) is 0.659. The van der Waals surface area contributed by atoms with Crippen molar-refractivity contribution < 1.29 is 13.7 Å². The van der Waals surface area contributed by atoms with E-state index in [1.165, 1.54) is 0 Å². The zero-order valence-electron chi connectivity index (χ0n) is 15.0. The van der Waals surface area contributed by atoms with Crippen molar-refractivity contribution in [1.29, 1.82) is 0 Å². The van der Waals surface area contributed by atoms with E-state index in [1.807, 2.05) is 25.3 Å². The van der Waals surface area contributed by atoms with Gasteiger partial charge in [0.15, 0.2) is 11.6 Å². The van der Waals surface area contributed by atoms with E-state index in [-0.39, 0.29) is 18.0 Å². The summed E-state index contributed by atoms with van der Waals surface area (Å²) in [4.78, 5) is 16.4. The summed E-state index contributed by atoms with van der Waals surface area (Å²) in [7, 11) is 0. The van der Waals surface area contributed by atoms with E-state index >= 15 is 0 Å². The van der Waals surface area contributed by atoms with Crippen LogP contribution in [-0.4, -0.2) is 30.8 Å². The van der Waals surface area contributed by atoms with Crippen molar-refractivity contribution in [3.63, 3.8) is 0 Å². The third kappa shape index (κ3) is 4.16. The van der Waals surface area contributed by atoms with E-state index in [0.29, 0.717) is 36.7 Å². The molecule has 0 aromatic carbocycles. The highest BCUT2D eigenvalue weighted by atomic mass is 16.5. The maximum Gasteiger partial charge on any atom is 0.238 e. The lowest BCUT2D eigenvalue weighted by Crippen LogP contribution is -2.28. The first-order valence-corrected chi connectivity index (χ1v) is 8.60. The summed E-state index contributed by atoms with van der Waals surface area (Å²) in [6.07, 6.45) is 4.72. The Labute approximate surface area is 150 Å². The molecule has 26 heavy (non-hydrogen) atoms. The fourth-order valence-electron chi connectivity index (χ4n) is 2.60. The number of carbonyl (C=O) groups is 1. The van der Waals surface area contributed by atoms with Gasteiger partial charge in [-0.05, 0) is 39.3 Å². The molecule has 1 N–H and O–H groups in total. The van der Waals surface area contributed by atoms with Crippen LogP contribution in [0.1, 0.15) is 57.4 Å². The van der Waals surface area contributed by atoms with Gasteiger partial charge in [-0.2, -0.15) is 4.98 Å². The smallest absolute Gasteiger partial charge is 0.238 e. The molecule has 9 nitrogen and oxygen atoms in total. The van der Waals surface area contributed by atoms with Gasteiger partial charge in [-0.1, -0.05) is 5.16 Å². The number of hydrogen-bond acceptors (Lipinski definition) is 7. The molecule has 3 aromatic heterocycles. The Balaban J connectivity index is 1.46. The summed E-state index contributed by atoms with van der Waals surface area (Å²) >= 11 is 0. The SMILES string of the molecule is CC(NC(=O)CCCc1nc(-c2ccco2)no1)c1nncn1C(C)C. The molecule has 0 aliphatic rings. The third-order valence-electron chi connectivity index (χ3n) is 3.93. The monoisotopic (exact) mass is 358 g/mol. The maximum atomic E-state index is 12.2. The molecule has 1 atom stereocenters. The zero-order valence-corrected chi connectivity index (χ0v) is 15.0. The molecule has 0 aliphatic carbocycles. The van der Waals surface area contributed by atoms with E-state index in [9.17, 15) is 4.79 Å². The van der Waals surface area contributed by atoms with Crippen LogP contribution in [0.3, 0.4) is 0 Å². The zero-order chi connectivity index (χ0) is 18.5. The van der Waals surface area contributed by atoms with Gasteiger partial charge in [0.2, 0.25) is 17.6 Å². The van der Waals surface area contributed by atoms with Crippen molar-refractivity contribution >= 4 is 5.91 Å². The van der Waals surface area contributed by atoms with Gasteiger partial charge in [-0.3, -0.25) is 4.79 Å². The van der Waals surface area contributed by atoms with Crippen LogP contribution in [0.25, 0.3) is 11.6 Å². The van der Waals surface area contributed by atoms with E-state index in [4.69, 9.17) is 8.94 Å². The molecule has 138 valence electrons. The Kier molecular flexibility index (Phi) is 5.45. The lowest BCUT2D eigenvalue weighted by atomic mass is 10.2. The Morgan fingerprint density at radius 2 is 2.19 bits per heavy atom. The molecule has 3 aromatic rings. The normalized spacial score (nSPS) is 12.5. The van der Waals surface area contributed by atoms with Crippen LogP contribution in [0, 0.1) is 0 Å². The van der Waals surface area contributed by atoms with E-state index in [0.717, 1.165) is 5.82 Å². The first-order valence-electron chi connectivity index (χ1n) is 8.60. The fraction of sp³-hybridized carbons (Fsp3) is 0.471. The van der Waals surface area contributed by atoms with Crippen molar-refractivity contribution in [2.24, 2.45) is 0 Å². The lowest BCUT2D eigenvalue weighted by molar-refractivity contribution is -0.121. The predicted molar refractivity (Wildman–Crippen MR) is 91.9 cm³/mol. The van der Waals surface area contributed by atoms with Crippen molar-refractivity contribution in [2.45, 2.75) is 52.1 Å². The Bertz CT molecular complexity index is 836. The van der Waals surface area contributed by atoms with Crippen LogP contribution in [0.2, 0.25) is 0 Å². The molecule has 1 unspecified atom stereocenters. The first kappa shape index (κ1) is 17.8. The second kappa shape index (κ2) is 7.94. The van der Waals surface area contributed by atoms with Crippen LogP contribution >= 0.6 is 0 Å². The molecule has 0 saturated carbocycles. The number of carbonyl (C=O) groups excluding carboxylic acids is 1. The number of nitrogens with zero attached hydrogens (tertiary/aromatic N) is 5. The first-order chi connectivity index (χ1) is 12.5. The average molecular weight is 358 g/mol. The van der Waals surface area contributed by atoms with Crippen LogP contribution in [0.4, 0.5) is 0 Å². The summed E-state index contributed by atoms with van der Waals surface area (Å²) < 4.78 is 12.3. The van der Waals surface area contributed by atoms with Gasteiger partial charge in [-0.25, -0.2) is 0 Å². The second-order valence-electron chi connectivity index (χ2n) is 6.32. The van der Waals surface area contributed by atoms with Crippen LogP contribution < -0.4 is 5.32 Å². The summed E-state index contributed by atoms with van der Waals surface area (Å²) in [5.41, 5.74) is 0. The van der Waals surface area contributed by atoms with Crippen molar-refractivity contribution in [3.8, 4) is 11.6 Å². The maximum absolute atomic E-state index is 12.2. The summed E-state index contributed by atoms with van der Waals surface area (Å²) in [6.45, 7) is 5.99. The van der Waals surface area contributed by atoms with Gasteiger partial charge in [0.25, 0.3) is 0 Å². The topological polar surface area (TPSA) is 112 Å². The van der Waals surface area contributed by atoms with Gasteiger partial charge in [0, 0.05) is 18.9 Å². The van der Waals surface area contributed by atoms with Gasteiger partial charge in [-0.15, -0.1) is 10.2 Å². The highest BCUT2D eigenvalue weighted by Gasteiger charge is 2.17. The molecule has 0 bridgehead atoms. The molecule has 0 saturated heterocycles. The van der Waals surface area contributed by atoms with Crippen LogP contribution in [0.15, 0.2) is 33.7 Å². The fourth-order valence-corrected chi connectivity index (χ4v) is 2.60. The molecule has 0 radical (unpaired) electrons. The predicted octanol–water partition coefficient (Wildman–Crippen LogP) is 2.70. The molecule has 1 amide bonds. The number of amides is 1. The van der Waals surface area contributed by atoms with Crippen molar-refractivity contribution in [1.82, 2.24) is 30.2 Å². The molecule has 0 fully saturated rings. The van der Waals surface area contributed by atoms with Gasteiger partial charge >= 0.3 is 0 Å². The average Bonchev–Trinajstić information content (AvgIpc) is 3.34. The summed E-state index contributed by atoms with van der Waals surface area (Å²) in [5, 5.41) is 14.8. The van der Waals surface area contributed by atoms with Gasteiger partial charge in [0.1, 0.15) is 6.33 Å². The minimum Gasteiger partial charge on any atom is -0.461 e. The summed E-state index contributed by atoms with van der Waals surface area (Å²) in [5.74, 6) is 2.14. The Hall–Kier alpha value is -2.97. The van der Waals surface area contributed by atoms with Crippen LogP contribution in [0.5, 0.6) is 0 Å². The molecule has 3 rings (SSSR count). The molecule has 0 aliphatic heterocycles. The number of rotatable bonds is 8.